The molecule has 7 nitrogen and oxygen atoms in total. The third kappa shape index (κ3) is 5.24. The van der Waals surface area contributed by atoms with E-state index in [4.69, 9.17) is 10.8 Å². The number of likely N-dealkylation sites (tertiary alicyclic amines) is 1. The Kier molecular flexibility index (Phi) is 5.99. The predicted octanol–water partition coefficient (Wildman–Crippen LogP) is 0.927. The molecule has 1 rings (SSSR count). The number of carbonyl (C=O) groups excluding carboxylic acids is 2. The van der Waals surface area contributed by atoms with Crippen LogP contribution in [0.2, 0.25) is 0 Å². The SMILES string of the molecule is CCC1(C)CCN(C(=O)N[C@H](CCC(N)=O)C(=O)O)CC1. The number of nitrogens with zero attached hydrogens (tertiary/aromatic N) is 1. The first-order valence-corrected chi connectivity index (χ1v) is 7.34. The minimum absolute atomic E-state index is 0.0108. The summed E-state index contributed by atoms with van der Waals surface area (Å²) in [5.74, 6) is -1.73. The van der Waals surface area contributed by atoms with Gasteiger partial charge in [-0.05, 0) is 24.7 Å². The zero-order chi connectivity index (χ0) is 16.0. The maximum atomic E-state index is 12.1. The molecule has 1 saturated heterocycles. The monoisotopic (exact) mass is 299 g/mol. The number of nitrogens with one attached hydrogen (secondary N) is 1. The van der Waals surface area contributed by atoms with Crippen LogP contribution in [-0.4, -0.2) is 47.0 Å². The molecule has 0 aromatic carbocycles. The molecule has 1 atom stereocenters. The van der Waals surface area contributed by atoms with Crippen LogP contribution in [-0.2, 0) is 9.59 Å². The summed E-state index contributed by atoms with van der Waals surface area (Å²) < 4.78 is 0. The Hall–Kier alpha value is -1.79. The fraction of sp³-hybridized carbons (Fsp3) is 0.786. The first kappa shape index (κ1) is 17.3. The molecule has 0 aromatic rings. The summed E-state index contributed by atoms with van der Waals surface area (Å²) in [7, 11) is 0. The molecule has 1 heterocycles. The van der Waals surface area contributed by atoms with Crippen molar-refractivity contribution in [1.29, 1.82) is 0 Å². The van der Waals surface area contributed by atoms with Crippen LogP contribution in [0.4, 0.5) is 4.79 Å². The second kappa shape index (κ2) is 7.28. The fourth-order valence-corrected chi connectivity index (χ4v) is 2.39. The Morgan fingerprint density at radius 2 is 1.90 bits per heavy atom. The van der Waals surface area contributed by atoms with Gasteiger partial charge in [-0.1, -0.05) is 20.3 Å². The van der Waals surface area contributed by atoms with Crippen LogP contribution in [0.25, 0.3) is 0 Å². The van der Waals surface area contributed by atoms with Gasteiger partial charge in [-0.25, -0.2) is 9.59 Å². The Balaban J connectivity index is 2.51. The number of aliphatic carboxylic acids is 1. The molecule has 1 aliphatic rings. The molecule has 1 fully saturated rings. The molecular formula is C14H25N3O4. The van der Waals surface area contributed by atoms with Gasteiger partial charge < -0.3 is 21.1 Å². The largest absolute Gasteiger partial charge is 0.480 e. The number of primary amides is 1. The van der Waals surface area contributed by atoms with Crippen LogP contribution < -0.4 is 11.1 Å². The number of carboxylic acids is 1. The van der Waals surface area contributed by atoms with E-state index < -0.39 is 17.9 Å². The number of hydrogen-bond donors (Lipinski definition) is 3. The summed E-state index contributed by atoms with van der Waals surface area (Å²) in [6.45, 7) is 5.59. The zero-order valence-electron chi connectivity index (χ0n) is 12.7. The Morgan fingerprint density at radius 3 is 2.33 bits per heavy atom. The topological polar surface area (TPSA) is 113 Å². The molecule has 3 amide bonds. The van der Waals surface area contributed by atoms with E-state index >= 15 is 0 Å². The minimum Gasteiger partial charge on any atom is -0.480 e. The lowest BCUT2D eigenvalue weighted by molar-refractivity contribution is -0.139. The fourth-order valence-electron chi connectivity index (χ4n) is 2.39. The van der Waals surface area contributed by atoms with Crippen molar-refractivity contribution in [2.45, 2.75) is 52.0 Å². The van der Waals surface area contributed by atoms with Gasteiger partial charge in [-0.2, -0.15) is 0 Å². The third-order valence-corrected chi connectivity index (χ3v) is 4.39. The van der Waals surface area contributed by atoms with Crippen LogP contribution in [0.3, 0.4) is 0 Å². The smallest absolute Gasteiger partial charge is 0.326 e. The summed E-state index contributed by atoms with van der Waals surface area (Å²) in [4.78, 5) is 35.5. The standard InChI is InChI=1S/C14H25N3O4/c1-3-14(2)6-8-17(9-7-14)13(21)16-10(12(19)20)4-5-11(15)18/h10H,3-9H2,1-2H3,(H2,15,18)(H,16,21)(H,19,20)/t10-/m1/s1. The first-order chi connectivity index (χ1) is 9.77. The summed E-state index contributed by atoms with van der Waals surface area (Å²) >= 11 is 0. The lowest BCUT2D eigenvalue weighted by atomic mass is 9.78. The lowest BCUT2D eigenvalue weighted by Crippen LogP contribution is -2.51. The van der Waals surface area contributed by atoms with E-state index in [0.717, 1.165) is 19.3 Å². The highest BCUT2D eigenvalue weighted by molar-refractivity contribution is 5.83. The zero-order valence-corrected chi connectivity index (χ0v) is 12.7. The van der Waals surface area contributed by atoms with Crippen molar-refractivity contribution >= 4 is 17.9 Å². The minimum atomic E-state index is -1.15. The van der Waals surface area contributed by atoms with E-state index in [1.807, 2.05) is 0 Å². The molecular weight excluding hydrogens is 274 g/mol. The highest BCUT2D eigenvalue weighted by atomic mass is 16.4. The van der Waals surface area contributed by atoms with E-state index in [9.17, 15) is 14.4 Å². The molecule has 0 aromatic heterocycles. The van der Waals surface area contributed by atoms with Crippen LogP contribution in [0.15, 0.2) is 0 Å². The number of piperidine rings is 1. The number of hydrogen-bond acceptors (Lipinski definition) is 3. The van der Waals surface area contributed by atoms with Gasteiger partial charge in [0.05, 0.1) is 0 Å². The van der Waals surface area contributed by atoms with Gasteiger partial charge in [0.15, 0.2) is 0 Å². The van der Waals surface area contributed by atoms with E-state index in [1.165, 1.54) is 0 Å². The molecule has 0 radical (unpaired) electrons. The number of amides is 3. The molecule has 0 bridgehead atoms. The second-order valence-corrected chi connectivity index (χ2v) is 6.00. The van der Waals surface area contributed by atoms with Gasteiger partial charge in [0, 0.05) is 19.5 Å². The van der Waals surface area contributed by atoms with Gasteiger partial charge in [0.2, 0.25) is 5.91 Å². The molecule has 120 valence electrons. The van der Waals surface area contributed by atoms with Crippen LogP contribution in [0.5, 0.6) is 0 Å². The molecule has 21 heavy (non-hydrogen) atoms. The third-order valence-electron chi connectivity index (χ3n) is 4.39. The van der Waals surface area contributed by atoms with E-state index in [1.54, 1.807) is 4.90 Å². The van der Waals surface area contributed by atoms with Crippen molar-refractivity contribution in [3.63, 3.8) is 0 Å². The van der Waals surface area contributed by atoms with Crippen LogP contribution in [0, 0.1) is 5.41 Å². The highest BCUT2D eigenvalue weighted by Gasteiger charge is 2.31. The van der Waals surface area contributed by atoms with E-state index in [2.05, 4.69) is 19.2 Å². The predicted molar refractivity (Wildman–Crippen MR) is 77.6 cm³/mol. The maximum absolute atomic E-state index is 12.1. The lowest BCUT2D eigenvalue weighted by Gasteiger charge is -2.39. The molecule has 1 aliphatic heterocycles. The highest BCUT2D eigenvalue weighted by Crippen LogP contribution is 2.33. The average Bonchev–Trinajstić information content (AvgIpc) is 2.43. The molecule has 4 N–H and O–H groups in total. The van der Waals surface area contributed by atoms with Gasteiger partial charge in [-0.3, -0.25) is 4.79 Å². The summed E-state index contributed by atoms with van der Waals surface area (Å²) in [5, 5.41) is 11.5. The summed E-state index contributed by atoms with van der Waals surface area (Å²) in [5.41, 5.74) is 5.26. The molecule has 0 spiro atoms. The normalized spacial score (nSPS) is 18.9. The summed E-state index contributed by atoms with van der Waals surface area (Å²) in [6.07, 6.45) is 2.84. The Labute approximate surface area is 124 Å². The number of carboxylic acid groups (broad SMARTS) is 1. The molecule has 0 aliphatic carbocycles. The van der Waals surface area contributed by atoms with Crippen molar-refractivity contribution < 1.29 is 19.5 Å². The first-order valence-electron chi connectivity index (χ1n) is 7.34. The number of rotatable bonds is 6. The maximum Gasteiger partial charge on any atom is 0.326 e. The molecule has 7 heteroatoms. The van der Waals surface area contributed by atoms with Crippen molar-refractivity contribution in [1.82, 2.24) is 10.2 Å². The molecule has 0 unspecified atom stereocenters. The Morgan fingerprint density at radius 1 is 1.33 bits per heavy atom. The molecule has 0 saturated carbocycles. The second-order valence-electron chi connectivity index (χ2n) is 6.00. The number of urea groups is 1. The quantitative estimate of drug-likeness (QED) is 0.677. The van der Waals surface area contributed by atoms with Gasteiger partial charge in [0.1, 0.15) is 6.04 Å². The summed E-state index contributed by atoms with van der Waals surface area (Å²) in [6, 6.07) is -1.46. The van der Waals surface area contributed by atoms with Crippen molar-refractivity contribution in [3.05, 3.63) is 0 Å². The van der Waals surface area contributed by atoms with Crippen LogP contribution >= 0.6 is 0 Å². The van der Waals surface area contributed by atoms with Crippen molar-refractivity contribution in [2.24, 2.45) is 11.1 Å². The van der Waals surface area contributed by atoms with Crippen LogP contribution in [0.1, 0.15) is 46.0 Å². The van der Waals surface area contributed by atoms with Gasteiger partial charge in [0.25, 0.3) is 0 Å². The van der Waals surface area contributed by atoms with E-state index in [0.29, 0.717) is 13.1 Å². The number of nitrogens with two attached hydrogens (primary N) is 1. The van der Waals surface area contributed by atoms with Crippen molar-refractivity contribution in [3.8, 4) is 0 Å². The Bertz CT molecular complexity index is 403. The van der Waals surface area contributed by atoms with Gasteiger partial charge in [-0.15, -0.1) is 0 Å². The number of carbonyl (C=O) groups is 3. The average molecular weight is 299 g/mol. The van der Waals surface area contributed by atoms with Gasteiger partial charge >= 0.3 is 12.0 Å². The van der Waals surface area contributed by atoms with Crippen molar-refractivity contribution in [2.75, 3.05) is 13.1 Å². The van der Waals surface area contributed by atoms with E-state index in [-0.39, 0.29) is 24.3 Å².